The van der Waals surface area contributed by atoms with Crippen LogP contribution < -0.4 is 10.2 Å². The van der Waals surface area contributed by atoms with Crippen molar-refractivity contribution in [1.29, 1.82) is 0 Å². The first-order valence-electron chi connectivity index (χ1n) is 7.99. The number of aliphatic hydroxyl groups excluding tert-OH is 1. The minimum atomic E-state index is -0.390. The van der Waals surface area contributed by atoms with Gasteiger partial charge in [0, 0.05) is 25.9 Å². The highest BCUT2D eigenvalue weighted by molar-refractivity contribution is 8.18. The molecule has 3 rings (SSSR count). The Hall–Kier alpha value is -1.93. The van der Waals surface area contributed by atoms with Gasteiger partial charge in [-0.15, -0.1) is 0 Å². The summed E-state index contributed by atoms with van der Waals surface area (Å²) < 4.78 is 0. The Morgan fingerprint density at radius 3 is 2.75 bits per heavy atom. The molecular formula is C16H20N4O3S. The molecular weight excluding hydrogens is 328 g/mol. The molecule has 3 heterocycles. The van der Waals surface area contributed by atoms with Crippen LogP contribution in [0.25, 0.3) is 6.08 Å². The summed E-state index contributed by atoms with van der Waals surface area (Å²) in [6.45, 7) is 3.91. The van der Waals surface area contributed by atoms with Gasteiger partial charge >= 0.3 is 0 Å². The fraction of sp³-hybridized carbons (Fsp3) is 0.500. The maximum Gasteiger partial charge on any atom is 0.290 e. The first-order chi connectivity index (χ1) is 11.5. The van der Waals surface area contributed by atoms with Gasteiger partial charge in [-0.3, -0.25) is 14.9 Å². The van der Waals surface area contributed by atoms with E-state index in [2.05, 4.69) is 27.1 Å². The van der Waals surface area contributed by atoms with E-state index in [0.717, 1.165) is 44.1 Å². The molecule has 0 aliphatic carbocycles. The highest BCUT2D eigenvalue weighted by Gasteiger charge is 2.33. The van der Waals surface area contributed by atoms with Crippen LogP contribution in [0.1, 0.15) is 31.9 Å². The van der Waals surface area contributed by atoms with E-state index >= 15 is 0 Å². The minimum Gasteiger partial charge on any atom is -0.396 e. The molecule has 1 aromatic rings. The Balaban J connectivity index is 1.74. The van der Waals surface area contributed by atoms with Gasteiger partial charge in [0.25, 0.3) is 11.1 Å². The molecule has 0 radical (unpaired) electrons. The van der Waals surface area contributed by atoms with Crippen molar-refractivity contribution in [2.45, 2.75) is 26.2 Å². The fourth-order valence-electron chi connectivity index (χ4n) is 2.95. The van der Waals surface area contributed by atoms with Crippen molar-refractivity contribution >= 4 is 34.9 Å². The molecule has 128 valence electrons. The highest BCUT2D eigenvalue weighted by Crippen LogP contribution is 2.35. The van der Waals surface area contributed by atoms with E-state index in [0.29, 0.717) is 16.5 Å². The van der Waals surface area contributed by atoms with Crippen molar-refractivity contribution in [3.05, 3.63) is 22.9 Å². The third-order valence-corrected chi connectivity index (χ3v) is 5.59. The lowest BCUT2D eigenvalue weighted by Crippen LogP contribution is -2.42. The topological polar surface area (TPSA) is 95.4 Å². The van der Waals surface area contributed by atoms with Gasteiger partial charge in [0.2, 0.25) is 5.95 Å². The summed E-state index contributed by atoms with van der Waals surface area (Å²) >= 11 is 0.875. The average molecular weight is 348 g/mol. The summed E-state index contributed by atoms with van der Waals surface area (Å²) in [6.07, 6.45) is 6.03. The fourth-order valence-corrected chi connectivity index (χ4v) is 3.62. The lowest BCUT2D eigenvalue weighted by Gasteiger charge is -2.40. The standard InChI is InChI=1S/C16H20N4O3S/c1-2-16(10-21)4-7-20(8-5-16)14-17-6-3-11(18-14)9-12-13(22)19-15(23)24-12/h3,6,9,21H,2,4-5,7-8,10H2,1H3,(H,19,22,23)/b12-9-. The molecule has 0 spiro atoms. The molecule has 0 saturated carbocycles. The van der Waals surface area contributed by atoms with Crippen LogP contribution in [0.3, 0.4) is 0 Å². The number of carbonyl (C=O) groups is 2. The lowest BCUT2D eigenvalue weighted by atomic mass is 9.77. The lowest BCUT2D eigenvalue weighted by molar-refractivity contribution is -0.115. The molecule has 1 aromatic heterocycles. The first kappa shape index (κ1) is 16.9. The number of piperidine rings is 1. The molecule has 7 nitrogen and oxygen atoms in total. The minimum absolute atomic E-state index is 0.00895. The summed E-state index contributed by atoms with van der Waals surface area (Å²) in [5.74, 6) is 0.223. The van der Waals surface area contributed by atoms with Crippen molar-refractivity contribution < 1.29 is 14.7 Å². The zero-order valence-electron chi connectivity index (χ0n) is 13.5. The van der Waals surface area contributed by atoms with Crippen LogP contribution in [0.2, 0.25) is 0 Å². The number of anilines is 1. The maximum absolute atomic E-state index is 11.6. The molecule has 0 aromatic carbocycles. The highest BCUT2D eigenvalue weighted by atomic mass is 32.2. The zero-order valence-corrected chi connectivity index (χ0v) is 14.3. The van der Waals surface area contributed by atoms with Gasteiger partial charge in [-0.2, -0.15) is 0 Å². The van der Waals surface area contributed by atoms with Gasteiger partial charge < -0.3 is 10.0 Å². The van der Waals surface area contributed by atoms with E-state index in [1.54, 1.807) is 18.3 Å². The number of aliphatic hydroxyl groups is 1. The number of hydrogen-bond acceptors (Lipinski definition) is 7. The molecule has 0 atom stereocenters. The maximum atomic E-state index is 11.6. The summed E-state index contributed by atoms with van der Waals surface area (Å²) in [7, 11) is 0. The normalized spacial score (nSPS) is 22.1. The number of nitrogens with zero attached hydrogens (tertiary/aromatic N) is 3. The Kier molecular flexibility index (Phi) is 4.86. The van der Waals surface area contributed by atoms with E-state index < -0.39 is 0 Å². The van der Waals surface area contributed by atoms with Gasteiger partial charge in [-0.05, 0) is 48.6 Å². The SMILES string of the molecule is CCC1(CO)CCN(c2nccc(/C=C3\SC(=O)NC3=O)n2)CC1. The zero-order chi connectivity index (χ0) is 17.2. The summed E-state index contributed by atoms with van der Waals surface area (Å²) in [4.78, 5) is 34.1. The van der Waals surface area contributed by atoms with Crippen molar-refractivity contribution in [2.24, 2.45) is 5.41 Å². The number of nitrogens with one attached hydrogen (secondary N) is 1. The molecule has 2 amide bonds. The third kappa shape index (κ3) is 3.44. The second kappa shape index (κ2) is 6.90. The van der Waals surface area contributed by atoms with Crippen LogP contribution in [0, 0.1) is 5.41 Å². The molecule has 8 heteroatoms. The number of aromatic nitrogens is 2. The van der Waals surface area contributed by atoms with Crippen molar-refractivity contribution in [3.8, 4) is 0 Å². The van der Waals surface area contributed by atoms with E-state index in [1.165, 1.54) is 0 Å². The molecule has 2 saturated heterocycles. The molecule has 2 aliphatic heterocycles. The van der Waals surface area contributed by atoms with Gasteiger partial charge in [0.05, 0.1) is 10.6 Å². The number of amides is 2. The largest absolute Gasteiger partial charge is 0.396 e. The summed E-state index contributed by atoms with van der Waals surface area (Å²) in [5.41, 5.74) is 0.608. The number of rotatable bonds is 4. The first-order valence-corrected chi connectivity index (χ1v) is 8.80. The quantitative estimate of drug-likeness (QED) is 0.801. The van der Waals surface area contributed by atoms with Crippen LogP contribution in [0.5, 0.6) is 0 Å². The van der Waals surface area contributed by atoms with E-state index in [4.69, 9.17) is 0 Å². The predicted octanol–water partition coefficient (Wildman–Crippen LogP) is 1.79. The van der Waals surface area contributed by atoms with Crippen LogP contribution in [0.15, 0.2) is 17.2 Å². The summed E-state index contributed by atoms with van der Waals surface area (Å²) in [5, 5.41) is 11.5. The van der Waals surface area contributed by atoms with Crippen LogP contribution in [0.4, 0.5) is 10.7 Å². The number of thioether (sulfide) groups is 1. The predicted molar refractivity (Wildman–Crippen MR) is 92.4 cm³/mol. The van der Waals surface area contributed by atoms with Crippen molar-refractivity contribution in [2.75, 3.05) is 24.6 Å². The average Bonchev–Trinajstić information content (AvgIpc) is 2.92. The Morgan fingerprint density at radius 1 is 1.42 bits per heavy atom. The third-order valence-electron chi connectivity index (χ3n) is 4.78. The van der Waals surface area contributed by atoms with E-state index in [1.807, 2.05) is 0 Å². The second-order valence-electron chi connectivity index (χ2n) is 6.13. The molecule has 2 fully saturated rings. The number of imide groups is 1. The van der Waals surface area contributed by atoms with Crippen LogP contribution in [-0.2, 0) is 4.79 Å². The number of hydrogen-bond donors (Lipinski definition) is 2. The molecule has 0 unspecified atom stereocenters. The second-order valence-corrected chi connectivity index (χ2v) is 7.15. The van der Waals surface area contributed by atoms with Crippen molar-refractivity contribution in [1.82, 2.24) is 15.3 Å². The smallest absolute Gasteiger partial charge is 0.290 e. The van der Waals surface area contributed by atoms with Crippen LogP contribution in [-0.4, -0.2) is 45.9 Å². The van der Waals surface area contributed by atoms with E-state index in [-0.39, 0.29) is 23.2 Å². The Morgan fingerprint density at radius 2 is 2.17 bits per heavy atom. The van der Waals surface area contributed by atoms with Gasteiger partial charge in [0.1, 0.15) is 0 Å². The Bertz CT molecular complexity index is 678. The molecule has 2 N–H and O–H groups in total. The molecule has 24 heavy (non-hydrogen) atoms. The van der Waals surface area contributed by atoms with Crippen molar-refractivity contribution in [3.63, 3.8) is 0 Å². The van der Waals surface area contributed by atoms with E-state index in [9.17, 15) is 14.7 Å². The monoisotopic (exact) mass is 348 g/mol. The van der Waals surface area contributed by atoms with Gasteiger partial charge in [0.15, 0.2) is 0 Å². The summed E-state index contributed by atoms with van der Waals surface area (Å²) in [6, 6.07) is 1.71. The molecule has 0 bridgehead atoms. The van der Waals surface area contributed by atoms with Gasteiger partial charge in [-0.1, -0.05) is 6.92 Å². The Labute approximate surface area is 144 Å². The van der Waals surface area contributed by atoms with Crippen LogP contribution >= 0.6 is 11.8 Å². The molecule has 2 aliphatic rings. The number of carbonyl (C=O) groups excluding carboxylic acids is 2. The van der Waals surface area contributed by atoms with Gasteiger partial charge in [-0.25, -0.2) is 9.97 Å².